The van der Waals surface area contributed by atoms with E-state index in [2.05, 4.69) is 6.07 Å². The number of aromatic carboxylic acids is 1. The lowest BCUT2D eigenvalue weighted by atomic mass is 10.1. The molecule has 23 heavy (non-hydrogen) atoms. The van der Waals surface area contributed by atoms with Crippen molar-refractivity contribution >= 4 is 16.9 Å². The third kappa shape index (κ3) is 2.74. The highest BCUT2D eigenvalue weighted by Gasteiger charge is 2.15. The Morgan fingerprint density at radius 2 is 2.00 bits per heavy atom. The van der Waals surface area contributed by atoms with Crippen LogP contribution in [0.2, 0.25) is 0 Å². The summed E-state index contributed by atoms with van der Waals surface area (Å²) in [5, 5.41) is 18.9. The zero-order valence-corrected chi connectivity index (χ0v) is 12.5. The van der Waals surface area contributed by atoms with E-state index in [0.717, 1.165) is 11.1 Å². The van der Waals surface area contributed by atoms with Crippen LogP contribution in [0.25, 0.3) is 10.9 Å². The number of nitrogens with zero attached hydrogens (tertiary/aromatic N) is 2. The van der Waals surface area contributed by atoms with Crippen molar-refractivity contribution in [3.8, 4) is 11.8 Å². The van der Waals surface area contributed by atoms with Gasteiger partial charge in [-0.25, -0.2) is 4.79 Å². The van der Waals surface area contributed by atoms with E-state index in [1.165, 1.54) is 0 Å². The summed E-state index contributed by atoms with van der Waals surface area (Å²) in [6.45, 7) is 0.517. The van der Waals surface area contributed by atoms with E-state index in [0.29, 0.717) is 23.2 Å². The van der Waals surface area contributed by atoms with Crippen molar-refractivity contribution in [2.24, 2.45) is 0 Å². The third-order valence-corrected chi connectivity index (χ3v) is 3.76. The van der Waals surface area contributed by atoms with Gasteiger partial charge < -0.3 is 14.4 Å². The zero-order valence-electron chi connectivity index (χ0n) is 12.5. The molecule has 0 aliphatic carbocycles. The molecule has 1 aromatic heterocycles. The van der Waals surface area contributed by atoms with E-state index < -0.39 is 5.97 Å². The molecule has 0 radical (unpaired) electrons. The second-order valence-corrected chi connectivity index (χ2v) is 5.17. The number of hydrogen-bond acceptors (Lipinski definition) is 3. The molecule has 0 fully saturated rings. The molecular weight excluding hydrogens is 292 g/mol. The third-order valence-electron chi connectivity index (χ3n) is 3.76. The highest BCUT2D eigenvalue weighted by atomic mass is 16.5. The van der Waals surface area contributed by atoms with Gasteiger partial charge >= 0.3 is 5.97 Å². The van der Waals surface area contributed by atoms with E-state index >= 15 is 0 Å². The van der Waals surface area contributed by atoms with Crippen molar-refractivity contribution in [2.45, 2.75) is 6.54 Å². The van der Waals surface area contributed by atoms with Crippen molar-refractivity contribution in [1.82, 2.24) is 4.57 Å². The fourth-order valence-electron chi connectivity index (χ4n) is 2.58. The van der Waals surface area contributed by atoms with Gasteiger partial charge in [0.1, 0.15) is 5.75 Å². The lowest BCUT2D eigenvalue weighted by Gasteiger charge is -2.07. The molecule has 114 valence electrons. The molecule has 1 N–H and O–H groups in total. The summed E-state index contributed by atoms with van der Waals surface area (Å²) in [7, 11) is 1.58. The number of benzene rings is 2. The molecule has 2 aromatic carbocycles. The summed E-state index contributed by atoms with van der Waals surface area (Å²) in [6.07, 6.45) is 1.63. The fraction of sp³-hybridized carbons (Fsp3) is 0.111. The maximum Gasteiger partial charge on any atom is 0.337 e. The average molecular weight is 306 g/mol. The first-order chi connectivity index (χ1) is 11.1. The first-order valence-electron chi connectivity index (χ1n) is 7.01. The Morgan fingerprint density at radius 3 is 2.61 bits per heavy atom. The molecule has 5 heteroatoms. The van der Waals surface area contributed by atoms with E-state index in [1.807, 2.05) is 22.8 Å². The number of carboxylic acid groups (broad SMARTS) is 1. The lowest BCUT2D eigenvalue weighted by molar-refractivity contribution is 0.0699. The number of hydrogen-bond donors (Lipinski definition) is 1. The Hall–Kier alpha value is -3.26. The van der Waals surface area contributed by atoms with Gasteiger partial charge in [0.05, 0.1) is 29.8 Å². The molecule has 0 unspecified atom stereocenters. The van der Waals surface area contributed by atoms with Gasteiger partial charge in [-0.05, 0) is 29.8 Å². The molecule has 5 nitrogen and oxygen atoms in total. The van der Waals surface area contributed by atoms with Gasteiger partial charge in [-0.3, -0.25) is 0 Å². The highest BCUT2D eigenvalue weighted by molar-refractivity contribution is 6.03. The predicted octanol–water partition coefficient (Wildman–Crippen LogP) is 3.27. The van der Waals surface area contributed by atoms with Crippen LogP contribution >= 0.6 is 0 Å². The quantitative estimate of drug-likeness (QED) is 0.802. The SMILES string of the molecule is COc1ccc2c(C(=O)O)cn(Cc3ccc(C#N)cc3)c2c1. The van der Waals surface area contributed by atoms with Crippen molar-refractivity contribution in [3.63, 3.8) is 0 Å². The largest absolute Gasteiger partial charge is 0.497 e. The first kappa shape index (κ1) is 14.7. The Morgan fingerprint density at radius 1 is 1.26 bits per heavy atom. The number of aromatic nitrogens is 1. The second kappa shape index (κ2) is 5.85. The van der Waals surface area contributed by atoms with Crippen molar-refractivity contribution in [2.75, 3.05) is 7.11 Å². The molecule has 0 atom stereocenters. The van der Waals surface area contributed by atoms with Gasteiger partial charge in [0.25, 0.3) is 0 Å². The van der Waals surface area contributed by atoms with Crippen molar-refractivity contribution in [3.05, 3.63) is 65.4 Å². The predicted molar refractivity (Wildman–Crippen MR) is 85.7 cm³/mol. The molecule has 0 saturated heterocycles. The summed E-state index contributed by atoms with van der Waals surface area (Å²) in [6, 6.07) is 14.6. The molecule has 3 rings (SSSR count). The van der Waals surface area contributed by atoms with Crippen LogP contribution in [0.15, 0.2) is 48.7 Å². The number of ether oxygens (including phenoxy) is 1. The summed E-state index contributed by atoms with van der Waals surface area (Å²) in [4.78, 5) is 11.4. The molecule has 1 heterocycles. The van der Waals surface area contributed by atoms with Gasteiger partial charge in [-0.15, -0.1) is 0 Å². The van der Waals surface area contributed by atoms with Crippen LogP contribution in [-0.4, -0.2) is 22.8 Å². The molecular formula is C18H14N2O3. The Balaban J connectivity index is 2.08. The van der Waals surface area contributed by atoms with E-state index in [9.17, 15) is 9.90 Å². The number of rotatable bonds is 4. The smallest absolute Gasteiger partial charge is 0.337 e. The summed E-state index contributed by atoms with van der Waals surface area (Å²) < 4.78 is 7.11. The number of methoxy groups -OCH3 is 1. The molecule has 0 bridgehead atoms. The minimum absolute atomic E-state index is 0.260. The number of fused-ring (bicyclic) bond motifs is 1. The van der Waals surface area contributed by atoms with E-state index in [1.54, 1.807) is 37.6 Å². The molecule has 3 aromatic rings. The van der Waals surface area contributed by atoms with E-state index in [4.69, 9.17) is 10.00 Å². The van der Waals surface area contributed by atoms with Crippen LogP contribution in [0.5, 0.6) is 5.75 Å². The molecule has 0 amide bonds. The Labute approximate surface area is 133 Å². The molecule has 0 aliphatic heterocycles. The average Bonchev–Trinajstić information content (AvgIpc) is 2.93. The maximum absolute atomic E-state index is 11.4. The van der Waals surface area contributed by atoms with Crippen LogP contribution in [0.4, 0.5) is 0 Å². The molecule has 0 saturated carbocycles. The fourth-order valence-corrected chi connectivity index (χ4v) is 2.58. The monoisotopic (exact) mass is 306 g/mol. The van der Waals surface area contributed by atoms with Crippen molar-refractivity contribution in [1.29, 1.82) is 5.26 Å². The number of carboxylic acids is 1. The summed E-state index contributed by atoms with van der Waals surface area (Å²) >= 11 is 0. The summed E-state index contributed by atoms with van der Waals surface area (Å²) in [5.41, 5.74) is 2.64. The number of carbonyl (C=O) groups is 1. The number of nitriles is 1. The first-order valence-corrected chi connectivity index (χ1v) is 7.01. The van der Waals surface area contributed by atoms with Gasteiger partial charge in [0.15, 0.2) is 0 Å². The van der Waals surface area contributed by atoms with Crippen LogP contribution in [0, 0.1) is 11.3 Å². The highest BCUT2D eigenvalue weighted by Crippen LogP contribution is 2.26. The maximum atomic E-state index is 11.4. The van der Waals surface area contributed by atoms with Gasteiger partial charge in [-0.2, -0.15) is 5.26 Å². The van der Waals surface area contributed by atoms with Crippen LogP contribution in [0.3, 0.4) is 0 Å². The molecule has 0 spiro atoms. The van der Waals surface area contributed by atoms with E-state index in [-0.39, 0.29) is 5.56 Å². The second-order valence-electron chi connectivity index (χ2n) is 5.17. The Kier molecular flexibility index (Phi) is 3.73. The minimum atomic E-state index is -0.959. The zero-order chi connectivity index (χ0) is 16.4. The van der Waals surface area contributed by atoms with Crippen LogP contribution in [-0.2, 0) is 6.54 Å². The molecule has 0 aliphatic rings. The van der Waals surface area contributed by atoms with Gasteiger partial charge in [0, 0.05) is 24.2 Å². The van der Waals surface area contributed by atoms with Crippen LogP contribution < -0.4 is 4.74 Å². The van der Waals surface area contributed by atoms with Crippen LogP contribution in [0.1, 0.15) is 21.5 Å². The normalized spacial score (nSPS) is 10.4. The standard InChI is InChI=1S/C18H14N2O3/c1-23-14-6-7-15-16(18(21)22)11-20(17(15)8-14)10-13-4-2-12(9-19)3-5-13/h2-8,11H,10H2,1H3,(H,21,22). The summed E-state index contributed by atoms with van der Waals surface area (Å²) in [5.74, 6) is -0.285. The Bertz CT molecular complexity index is 918. The minimum Gasteiger partial charge on any atom is -0.497 e. The topological polar surface area (TPSA) is 75.2 Å². The van der Waals surface area contributed by atoms with Gasteiger partial charge in [-0.1, -0.05) is 12.1 Å². The van der Waals surface area contributed by atoms with Crippen molar-refractivity contribution < 1.29 is 14.6 Å². The van der Waals surface area contributed by atoms with Gasteiger partial charge in [0.2, 0.25) is 0 Å². The lowest BCUT2D eigenvalue weighted by Crippen LogP contribution is -1.99.